The molecule has 1 aromatic carbocycles. The smallest absolute Gasteiger partial charge is 0.379 e. The van der Waals surface area contributed by atoms with Crippen LogP contribution in [0.15, 0.2) is 24.3 Å². The van der Waals surface area contributed by atoms with Gasteiger partial charge in [-0.25, -0.2) is 4.98 Å². The number of hydrogen-bond donors (Lipinski definition) is 1. The summed E-state index contributed by atoms with van der Waals surface area (Å²) in [6.45, 7) is 1.82. The van der Waals surface area contributed by atoms with Crippen LogP contribution < -0.4 is 0 Å². The number of halogens is 3. The monoisotopic (exact) mass is 258 g/mol. The van der Waals surface area contributed by atoms with Gasteiger partial charge in [0.05, 0.1) is 17.6 Å². The van der Waals surface area contributed by atoms with Gasteiger partial charge in [0.1, 0.15) is 5.82 Å². The van der Waals surface area contributed by atoms with Crippen molar-refractivity contribution in [2.75, 3.05) is 0 Å². The molecule has 1 heterocycles. The molecule has 6 heteroatoms. The number of fused-ring (bicyclic) bond motifs is 1. The van der Waals surface area contributed by atoms with Crippen molar-refractivity contribution in [3.05, 3.63) is 30.1 Å². The summed E-state index contributed by atoms with van der Waals surface area (Å²) in [5.41, 5.74) is -1.58. The molecule has 0 fully saturated rings. The first-order valence-corrected chi connectivity index (χ1v) is 5.43. The number of alkyl halides is 3. The van der Waals surface area contributed by atoms with Gasteiger partial charge in [-0.05, 0) is 26.0 Å². The average Bonchev–Trinajstić information content (AvgIpc) is 2.54. The Morgan fingerprint density at radius 1 is 1.28 bits per heavy atom. The Labute approximate surface area is 102 Å². The summed E-state index contributed by atoms with van der Waals surface area (Å²) >= 11 is 0. The number of rotatable bonds is 2. The van der Waals surface area contributed by atoms with Crippen molar-refractivity contribution in [2.24, 2.45) is 0 Å². The number of aromatic nitrogens is 2. The quantitative estimate of drug-likeness (QED) is 0.899. The van der Waals surface area contributed by atoms with Crippen LogP contribution in [0, 0.1) is 6.92 Å². The van der Waals surface area contributed by atoms with Gasteiger partial charge in [0, 0.05) is 0 Å². The van der Waals surface area contributed by atoms with E-state index >= 15 is 0 Å². The highest BCUT2D eigenvalue weighted by Crippen LogP contribution is 2.32. The number of aliphatic hydroxyl groups is 1. The minimum atomic E-state index is -4.68. The molecule has 2 aromatic rings. The fourth-order valence-electron chi connectivity index (χ4n) is 1.79. The van der Waals surface area contributed by atoms with Crippen LogP contribution in [-0.4, -0.2) is 26.4 Å². The Morgan fingerprint density at radius 2 is 1.89 bits per heavy atom. The molecule has 0 bridgehead atoms. The summed E-state index contributed by atoms with van der Waals surface area (Å²) in [6.07, 6.45) is -4.68. The second-order valence-electron chi connectivity index (χ2n) is 4.51. The lowest BCUT2D eigenvalue weighted by atomic mass is 10.1. The van der Waals surface area contributed by atoms with Crippen LogP contribution in [0.5, 0.6) is 0 Å². The second kappa shape index (κ2) is 3.98. The standard InChI is InChI=1S/C12H13F3N2O/c1-8-16-9-5-3-4-6-10(9)17(8)7-11(2,18)12(13,14)15/h3-6,18H,7H2,1-2H3/t11-/m0/s1. The molecule has 1 aromatic heterocycles. The van der Waals surface area contributed by atoms with E-state index in [1.54, 1.807) is 31.2 Å². The third kappa shape index (κ3) is 2.08. The molecule has 0 spiro atoms. The number of nitrogens with zero attached hydrogens (tertiary/aromatic N) is 2. The van der Waals surface area contributed by atoms with Gasteiger partial charge in [-0.1, -0.05) is 12.1 Å². The van der Waals surface area contributed by atoms with Crippen molar-refractivity contribution in [1.82, 2.24) is 9.55 Å². The largest absolute Gasteiger partial charge is 0.418 e. The van der Waals surface area contributed by atoms with Crippen LogP contribution in [0.3, 0.4) is 0 Å². The lowest BCUT2D eigenvalue weighted by Crippen LogP contribution is -2.45. The highest BCUT2D eigenvalue weighted by atomic mass is 19.4. The molecule has 1 N–H and O–H groups in total. The van der Waals surface area contributed by atoms with Crippen molar-refractivity contribution < 1.29 is 18.3 Å². The van der Waals surface area contributed by atoms with Crippen LogP contribution >= 0.6 is 0 Å². The van der Waals surface area contributed by atoms with Crippen molar-refractivity contribution in [1.29, 1.82) is 0 Å². The van der Waals surface area contributed by atoms with Gasteiger partial charge in [0.2, 0.25) is 0 Å². The topological polar surface area (TPSA) is 38.0 Å². The molecule has 1 atom stereocenters. The zero-order valence-electron chi connectivity index (χ0n) is 9.99. The summed E-state index contributed by atoms with van der Waals surface area (Å²) in [6, 6.07) is 6.90. The number of aryl methyl sites for hydroxylation is 1. The molecule has 2 rings (SSSR count). The molecular formula is C12H13F3N2O. The Kier molecular flexibility index (Phi) is 2.85. The third-order valence-electron chi connectivity index (χ3n) is 2.92. The third-order valence-corrected chi connectivity index (χ3v) is 2.92. The predicted molar refractivity (Wildman–Crippen MR) is 61.1 cm³/mol. The van der Waals surface area contributed by atoms with E-state index < -0.39 is 18.3 Å². The van der Waals surface area contributed by atoms with Crippen molar-refractivity contribution in [3.63, 3.8) is 0 Å². The van der Waals surface area contributed by atoms with E-state index in [2.05, 4.69) is 4.98 Å². The second-order valence-corrected chi connectivity index (χ2v) is 4.51. The summed E-state index contributed by atoms with van der Waals surface area (Å²) < 4.78 is 39.4. The first kappa shape index (κ1) is 12.9. The minimum Gasteiger partial charge on any atom is -0.379 e. The highest BCUT2D eigenvalue weighted by Gasteiger charge is 2.50. The summed E-state index contributed by atoms with van der Waals surface area (Å²) in [7, 11) is 0. The Morgan fingerprint density at radius 3 is 2.50 bits per heavy atom. The van der Waals surface area contributed by atoms with E-state index in [9.17, 15) is 18.3 Å². The van der Waals surface area contributed by atoms with Crippen LogP contribution in [0.4, 0.5) is 13.2 Å². The zero-order chi connectivity index (χ0) is 13.6. The molecular weight excluding hydrogens is 245 g/mol. The minimum absolute atomic E-state index is 0.445. The molecule has 98 valence electrons. The van der Waals surface area contributed by atoms with Crippen molar-refractivity contribution >= 4 is 11.0 Å². The zero-order valence-corrected chi connectivity index (χ0v) is 9.99. The number of imidazole rings is 1. The molecule has 3 nitrogen and oxygen atoms in total. The van der Waals surface area contributed by atoms with E-state index in [1.165, 1.54) is 4.57 Å². The van der Waals surface area contributed by atoms with Crippen LogP contribution in [-0.2, 0) is 6.54 Å². The SMILES string of the molecule is Cc1nc2ccccc2n1C[C@](C)(O)C(F)(F)F. The van der Waals surface area contributed by atoms with Gasteiger partial charge < -0.3 is 9.67 Å². The molecule has 0 saturated heterocycles. The van der Waals surface area contributed by atoms with Gasteiger partial charge >= 0.3 is 6.18 Å². The van der Waals surface area contributed by atoms with Crippen molar-refractivity contribution in [2.45, 2.75) is 32.2 Å². The lowest BCUT2D eigenvalue weighted by molar-refractivity contribution is -0.257. The molecule has 0 radical (unpaired) electrons. The van der Waals surface area contributed by atoms with Gasteiger partial charge in [-0.3, -0.25) is 0 Å². The van der Waals surface area contributed by atoms with Crippen LogP contribution in [0.2, 0.25) is 0 Å². The van der Waals surface area contributed by atoms with Gasteiger partial charge in [0.25, 0.3) is 0 Å². The average molecular weight is 258 g/mol. The Balaban J connectivity index is 2.47. The predicted octanol–water partition coefficient (Wildman–Crippen LogP) is 2.66. The number of hydrogen-bond acceptors (Lipinski definition) is 2. The first-order chi connectivity index (χ1) is 8.22. The maximum atomic E-state index is 12.7. The van der Waals surface area contributed by atoms with Gasteiger partial charge in [-0.15, -0.1) is 0 Å². The van der Waals surface area contributed by atoms with Crippen LogP contribution in [0.1, 0.15) is 12.7 Å². The Bertz CT molecular complexity index is 572. The molecule has 0 aliphatic carbocycles. The van der Waals surface area contributed by atoms with E-state index in [0.29, 0.717) is 16.9 Å². The maximum absolute atomic E-state index is 12.7. The summed E-state index contributed by atoms with van der Waals surface area (Å²) in [5, 5.41) is 9.53. The van der Waals surface area contributed by atoms with E-state index in [-0.39, 0.29) is 0 Å². The van der Waals surface area contributed by atoms with Gasteiger partial charge in [-0.2, -0.15) is 13.2 Å². The van der Waals surface area contributed by atoms with Crippen LogP contribution in [0.25, 0.3) is 11.0 Å². The highest BCUT2D eigenvalue weighted by molar-refractivity contribution is 5.75. The number of benzene rings is 1. The molecule has 0 saturated carbocycles. The maximum Gasteiger partial charge on any atom is 0.418 e. The molecule has 0 unspecified atom stereocenters. The molecule has 0 aliphatic rings. The molecule has 0 amide bonds. The van der Waals surface area contributed by atoms with E-state index in [1.807, 2.05) is 0 Å². The fraction of sp³-hybridized carbons (Fsp3) is 0.417. The Hall–Kier alpha value is -1.56. The normalized spacial score (nSPS) is 15.9. The number of para-hydroxylation sites is 2. The summed E-state index contributed by atoms with van der Waals surface area (Å²) in [4.78, 5) is 4.16. The molecule has 0 aliphatic heterocycles. The fourth-order valence-corrected chi connectivity index (χ4v) is 1.79. The van der Waals surface area contributed by atoms with E-state index in [0.717, 1.165) is 6.92 Å². The van der Waals surface area contributed by atoms with Gasteiger partial charge in [0.15, 0.2) is 5.60 Å². The van der Waals surface area contributed by atoms with E-state index in [4.69, 9.17) is 0 Å². The first-order valence-electron chi connectivity index (χ1n) is 5.43. The summed E-state index contributed by atoms with van der Waals surface area (Å²) in [5.74, 6) is 0.445. The van der Waals surface area contributed by atoms with Crippen molar-refractivity contribution in [3.8, 4) is 0 Å². The molecule has 18 heavy (non-hydrogen) atoms. The lowest BCUT2D eigenvalue weighted by Gasteiger charge is -2.27.